The summed E-state index contributed by atoms with van der Waals surface area (Å²) in [5.74, 6) is 0.758. The number of benzene rings is 1. The highest BCUT2D eigenvalue weighted by atomic mass is 79.9. The molecule has 3 heteroatoms. The zero-order valence-corrected chi connectivity index (χ0v) is 10.2. The van der Waals surface area contributed by atoms with Gasteiger partial charge in [0.25, 0.3) is 0 Å². The number of rotatable bonds is 4. The molecule has 78 valence electrons. The van der Waals surface area contributed by atoms with Gasteiger partial charge in [0.2, 0.25) is 0 Å². The molecule has 0 aliphatic heterocycles. The normalized spacial score (nSPS) is 12.5. The summed E-state index contributed by atoms with van der Waals surface area (Å²) < 4.78 is 6.66. The molecule has 0 fully saturated rings. The van der Waals surface area contributed by atoms with Crippen LogP contribution in [-0.4, -0.2) is 6.10 Å². The SMILES string of the molecule is CCCC(C)Oc1c(N)cccc1Br. The second-order valence-corrected chi connectivity index (χ2v) is 4.23. The Bertz CT molecular complexity index is 281. The number of halogens is 1. The topological polar surface area (TPSA) is 35.2 Å². The first-order valence-electron chi connectivity index (χ1n) is 4.85. The fourth-order valence-corrected chi connectivity index (χ4v) is 1.79. The van der Waals surface area contributed by atoms with Crippen molar-refractivity contribution in [1.82, 2.24) is 0 Å². The van der Waals surface area contributed by atoms with E-state index < -0.39 is 0 Å². The quantitative estimate of drug-likeness (QED) is 0.837. The van der Waals surface area contributed by atoms with Gasteiger partial charge in [0.1, 0.15) is 0 Å². The van der Waals surface area contributed by atoms with Crippen LogP contribution >= 0.6 is 15.9 Å². The van der Waals surface area contributed by atoms with Gasteiger partial charge in [0.15, 0.2) is 5.75 Å². The second kappa shape index (κ2) is 5.25. The van der Waals surface area contributed by atoms with Crippen molar-refractivity contribution in [2.75, 3.05) is 5.73 Å². The van der Waals surface area contributed by atoms with Crippen LogP contribution in [0.1, 0.15) is 26.7 Å². The van der Waals surface area contributed by atoms with Crippen LogP contribution < -0.4 is 10.5 Å². The molecule has 1 rings (SSSR count). The molecule has 2 nitrogen and oxygen atoms in total. The van der Waals surface area contributed by atoms with E-state index in [1.54, 1.807) is 0 Å². The molecule has 0 bridgehead atoms. The number of anilines is 1. The summed E-state index contributed by atoms with van der Waals surface area (Å²) in [6, 6.07) is 5.68. The molecule has 1 aromatic rings. The fraction of sp³-hybridized carbons (Fsp3) is 0.455. The third kappa shape index (κ3) is 2.91. The van der Waals surface area contributed by atoms with E-state index in [1.807, 2.05) is 18.2 Å². The van der Waals surface area contributed by atoms with E-state index in [2.05, 4.69) is 29.8 Å². The van der Waals surface area contributed by atoms with Gasteiger partial charge in [-0.15, -0.1) is 0 Å². The monoisotopic (exact) mass is 257 g/mol. The number of nitrogen functional groups attached to an aromatic ring is 1. The molecule has 1 unspecified atom stereocenters. The number of nitrogens with two attached hydrogens (primary N) is 1. The Kier molecular flexibility index (Phi) is 4.26. The average molecular weight is 258 g/mol. The highest BCUT2D eigenvalue weighted by molar-refractivity contribution is 9.10. The van der Waals surface area contributed by atoms with Crippen molar-refractivity contribution in [3.8, 4) is 5.75 Å². The van der Waals surface area contributed by atoms with Crippen LogP contribution in [0, 0.1) is 0 Å². The molecule has 0 radical (unpaired) electrons. The molecule has 2 N–H and O–H groups in total. The van der Waals surface area contributed by atoms with Gasteiger partial charge in [-0.25, -0.2) is 0 Å². The van der Waals surface area contributed by atoms with Gasteiger partial charge in [-0.1, -0.05) is 19.4 Å². The highest BCUT2D eigenvalue weighted by Crippen LogP contribution is 2.32. The van der Waals surface area contributed by atoms with Crippen LogP contribution in [0.5, 0.6) is 5.75 Å². The molecule has 0 heterocycles. The molecule has 0 aliphatic carbocycles. The van der Waals surface area contributed by atoms with Crippen LogP contribution in [0.15, 0.2) is 22.7 Å². The molecule has 14 heavy (non-hydrogen) atoms. The lowest BCUT2D eigenvalue weighted by Gasteiger charge is -2.16. The summed E-state index contributed by atoms with van der Waals surface area (Å²) >= 11 is 3.42. The van der Waals surface area contributed by atoms with E-state index in [1.165, 1.54) is 0 Å². The molecule has 1 aromatic carbocycles. The molecule has 0 saturated heterocycles. The maximum atomic E-state index is 5.81. The molecule has 0 aliphatic rings. The van der Waals surface area contributed by atoms with Crippen LogP contribution in [0.25, 0.3) is 0 Å². The van der Waals surface area contributed by atoms with Crippen molar-refractivity contribution >= 4 is 21.6 Å². The summed E-state index contributed by atoms with van der Waals surface area (Å²) in [6.45, 7) is 4.20. The predicted octanol–water partition coefficient (Wildman–Crippen LogP) is 3.60. The first kappa shape index (κ1) is 11.4. The lowest BCUT2D eigenvalue weighted by atomic mass is 10.2. The van der Waals surface area contributed by atoms with E-state index in [0.717, 1.165) is 23.1 Å². The Labute approximate surface area is 93.6 Å². The summed E-state index contributed by atoms with van der Waals surface area (Å²) in [5.41, 5.74) is 6.49. The third-order valence-corrected chi connectivity index (χ3v) is 2.64. The maximum Gasteiger partial charge on any atom is 0.156 e. The van der Waals surface area contributed by atoms with Crippen molar-refractivity contribution in [2.24, 2.45) is 0 Å². The Balaban J connectivity index is 2.75. The van der Waals surface area contributed by atoms with Gasteiger partial charge in [-0.2, -0.15) is 0 Å². The van der Waals surface area contributed by atoms with Crippen LogP contribution in [0.4, 0.5) is 5.69 Å². The van der Waals surface area contributed by atoms with Crippen molar-refractivity contribution in [3.63, 3.8) is 0 Å². The number of hydrogen-bond acceptors (Lipinski definition) is 2. The fourth-order valence-electron chi connectivity index (χ4n) is 1.32. The smallest absolute Gasteiger partial charge is 0.156 e. The van der Waals surface area contributed by atoms with Crippen molar-refractivity contribution < 1.29 is 4.74 Å². The van der Waals surface area contributed by atoms with E-state index >= 15 is 0 Å². The first-order valence-corrected chi connectivity index (χ1v) is 5.65. The van der Waals surface area contributed by atoms with Gasteiger partial charge < -0.3 is 10.5 Å². The van der Waals surface area contributed by atoms with Crippen molar-refractivity contribution in [1.29, 1.82) is 0 Å². The van der Waals surface area contributed by atoms with E-state index in [-0.39, 0.29) is 6.10 Å². The zero-order chi connectivity index (χ0) is 10.6. The highest BCUT2D eigenvalue weighted by Gasteiger charge is 2.08. The average Bonchev–Trinajstić information content (AvgIpc) is 2.12. The van der Waals surface area contributed by atoms with E-state index in [0.29, 0.717) is 5.69 Å². The summed E-state index contributed by atoms with van der Waals surface area (Å²) in [4.78, 5) is 0. The summed E-state index contributed by atoms with van der Waals surface area (Å²) in [6.07, 6.45) is 2.37. The van der Waals surface area contributed by atoms with E-state index in [4.69, 9.17) is 10.5 Å². The second-order valence-electron chi connectivity index (χ2n) is 3.38. The first-order chi connectivity index (χ1) is 6.65. The van der Waals surface area contributed by atoms with E-state index in [9.17, 15) is 0 Å². The lowest BCUT2D eigenvalue weighted by molar-refractivity contribution is 0.210. The summed E-state index contributed by atoms with van der Waals surface area (Å²) in [5, 5.41) is 0. The molecule has 0 saturated carbocycles. The Morgan fingerprint density at radius 3 is 2.79 bits per heavy atom. The lowest BCUT2D eigenvalue weighted by Crippen LogP contribution is -2.12. The predicted molar refractivity (Wildman–Crippen MR) is 63.6 cm³/mol. The molecule has 1 atom stereocenters. The Morgan fingerprint density at radius 2 is 2.21 bits per heavy atom. The molecular weight excluding hydrogens is 242 g/mol. The minimum Gasteiger partial charge on any atom is -0.487 e. The molecule has 0 spiro atoms. The van der Waals surface area contributed by atoms with Gasteiger partial charge in [0.05, 0.1) is 16.3 Å². The summed E-state index contributed by atoms with van der Waals surface area (Å²) in [7, 11) is 0. The van der Waals surface area contributed by atoms with Gasteiger partial charge >= 0.3 is 0 Å². The van der Waals surface area contributed by atoms with Crippen LogP contribution in [0.3, 0.4) is 0 Å². The van der Waals surface area contributed by atoms with Crippen LogP contribution in [0.2, 0.25) is 0 Å². The number of ether oxygens (including phenoxy) is 1. The maximum absolute atomic E-state index is 5.81. The third-order valence-electron chi connectivity index (χ3n) is 2.01. The molecular formula is C11H16BrNO. The van der Waals surface area contributed by atoms with Gasteiger partial charge in [-0.3, -0.25) is 0 Å². The largest absolute Gasteiger partial charge is 0.487 e. The Morgan fingerprint density at radius 1 is 1.50 bits per heavy atom. The van der Waals surface area contributed by atoms with Gasteiger partial charge in [-0.05, 0) is 41.4 Å². The minimum absolute atomic E-state index is 0.209. The van der Waals surface area contributed by atoms with Crippen molar-refractivity contribution in [3.05, 3.63) is 22.7 Å². The minimum atomic E-state index is 0.209. The van der Waals surface area contributed by atoms with Crippen LogP contribution in [-0.2, 0) is 0 Å². The number of para-hydroxylation sites is 1. The number of hydrogen-bond donors (Lipinski definition) is 1. The Hall–Kier alpha value is -0.700. The zero-order valence-electron chi connectivity index (χ0n) is 8.59. The van der Waals surface area contributed by atoms with Crippen molar-refractivity contribution in [2.45, 2.75) is 32.8 Å². The molecule has 0 aromatic heterocycles. The standard InChI is InChI=1S/C11H16BrNO/c1-3-5-8(2)14-11-9(12)6-4-7-10(11)13/h4,6-8H,3,5,13H2,1-2H3. The molecule has 0 amide bonds. The van der Waals surface area contributed by atoms with Gasteiger partial charge in [0, 0.05) is 0 Å².